The van der Waals surface area contributed by atoms with Crippen molar-refractivity contribution in [2.24, 2.45) is 0 Å². The Morgan fingerprint density at radius 2 is 1.62 bits per heavy atom. The van der Waals surface area contributed by atoms with Gasteiger partial charge in [0.15, 0.2) is 9.84 Å². The first kappa shape index (κ1) is 15.9. The highest BCUT2D eigenvalue weighted by Gasteiger charge is 2.24. The maximum absolute atomic E-state index is 11.3. The van der Waals surface area contributed by atoms with E-state index >= 15 is 0 Å². The van der Waals surface area contributed by atoms with Crippen molar-refractivity contribution in [3.8, 4) is 0 Å². The maximum atomic E-state index is 11.3. The average Bonchev–Trinajstić information content (AvgIpc) is 2.08. The predicted octanol–water partition coefficient (Wildman–Crippen LogP) is -0.168. The molecule has 0 spiro atoms. The summed E-state index contributed by atoms with van der Waals surface area (Å²) < 4.78 is 44.5. The summed E-state index contributed by atoms with van der Waals surface area (Å²) in [5.74, 6) is 0.0989. The Labute approximate surface area is 98.5 Å². The van der Waals surface area contributed by atoms with Crippen molar-refractivity contribution in [2.75, 3.05) is 25.3 Å². The van der Waals surface area contributed by atoms with Gasteiger partial charge in [-0.15, -0.1) is 0 Å². The number of sulfone groups is 2. The van der Waals surface area contributed by atoms with Crippen LogP contribution in [0.4, 0.5) is 0 Å². The zero-order chi connectivity index (χ0) is 13.0. The molecule has 0 aliphatic carbocycles. The minimum Gasteiger partial charge on any atom is -0.316 e. The summed E-state index contributed by atoms with van der Waals surface area (Å²) in [5.41, 5.74) is 0. The minimum absolute atomic E-state index is 0.0989. The Balaban J connectivity index is 4.33. The molecule has 0 aromatic carbocycles. The molecule has 0 aromatic rings. The molecule has 1 N–H and O–H groups in total. The topological polar surface area (TPSA) is 80.3 Å². The zero-order valence-corrected chi connectivity index (χ0v) is 11.9. The molecule has 0 aliphatic rings. The van der Waals surface area contributed by atoms with Crippen LogP contribution in [0, 0.1) is 0 Å². The summed E-state index contributed by atoms with van der Waals surface area (Å²) in [5, 5.41) is 2.42. The molecule has 0 aliphatic heterocycles. The van der Waals surface area contributed by atoms with Crippen LogP contribution in [0.15, 0.2) is 0 Å². The Hall–Kier alpha value is -0.140. The van der Waals surface area contributed by atoms with E-state index in [-0.39, 0.29) is 11.8 Å². The van der Waals surface area contributed by atoms with Gasteiger partial charge in [-0.25, -0.2) is 16.8 Å². The van der Waals surface area contributed by atoms with E-state index in [2.05, 4.69) is 5.32 Å². The van der Waals surface area contributed by atoms with Gasteiger partial charge in [-0.2, -0.15) is 0 Å². The Kier molecular flexibility index (Phi) is 5.92. The lowest BCUT2D eigenvalue weighted by molar-refractivity contribution is 0.487. The quantitative estimate of drug-likeness (QED) is 0.695. The zero-order valence-electron chi connectivity index (χ0n) is 10.2. The van der Waals surface area contributed by atoms with E-state index < -0.39 is 24.9 Å². The highest BCUT2D eigenvalue weighted by atomic mass is 32.2. The second kappa shape index (κ2) is 5.97. The van der Waals surface area contributed by atoms with Crippen molar-refractivity contribution < 1.29 is 16.8 Å². The fraction of sp³-hybridized carbons (Fsp3) is 1.00. The molecule has 0 saturated heterocycles. The molecular formula is C9H21NO4S2. The van der Waals surface area contributed by atoms with Crippen molar-refractivity contribution >= 4 is 19.7 Å². The molecule has 0 bridgehead atoms. The lowest BCUT2D eigenvalue weighted by Gasteiger charge is -2.21. The summed E-state index contributed by atoms with van der Waals surface area (Å²) >= 11 is 0. The van der Waals surface area contributed by atoms with Crippen LogP contribution in [-0.4, -0.2) is 53.4 Å². The van der Waals surface area contributed by atoms with Gasteiger partial charge in [0.25, 0.3) is 0 Å². The molecular weight excluding hydrogens is 250 g/mol. The van der Waals surface area contributed by atoms with Crippen LogP contribution < -0.4 is 5.32 Å². The predicted molar refractivity (Wildman–Crippen MR) is 66.1 cm³/mol. The Morgan fingerprint density at radius 3 is 1.94 bits per heavy atom. The summed E-state index contributed by atoms with van der Waals surface area (Å²) in [7, 11) is -4.37. The smallest absolute Gasteiger partial charge is 0.151 e. The molecule has 5 nitrogen and oxygen atoms in total. The second-order valence-electron chi connectivity index (χ2n) is 4.20. The first-order valence-electron chi connectivity index (χ1n) is 5.12. The van der Waals surface area contributed by atoms with Gasteiger partial charge < -0.3 is 5.32 Å². The van der Waals surface area contributed by atoms with E-state index in [1.54, 1.807) is 14.0 Å². The van der Waals surface area contributed by atoms with E-state index in [0.717, 1.165) is 0 Å². The highest BCUT2D eigenvalue weighted by molar-refractivity contribution is 7.91. The summed E-state index contributed by atoms with van der Waals surface area (Å²) in [6.45, 7) is 1.64. The Bertz CT molecular complexity index is 399. The van der Waals surface area contributed by atoms with Crippen LogP contribution in [0.1, 0.15) is 19.8 Å². The molecule has 0 rings (SSSR count). The highest BCUT2D eigenvalue weighted by Crippen LogP contribution is 2.10. The first-order chi connectivity index (χ1) is 7.08. The van der Waals surface area contributed by atoms with Crippen molar-refractivity contribution in [3.63, 3.8) is 0 Å². The van der Waals surface area contributed by atoms with E-state index in [4.69, 9.17) is 0 Å². The maximum Gasteiger partial charge on any atom is 0.151 e. The van der Waals surface area contributed by atoms with Crippen LogP contribution in [0.5, 0.6) is 0 Å². The third kappa shape index (κ3) is 6.44. The standard InChI is InChI=1S/C9H21NO4S2/c1-8(16(4,13)14)9(10-2)6-5-7-15(3,11)12/h8-10H,5-7H2,1-4H3. The van der Waals surface area contributed by atoms with Crippen molar-refractivity contribution in [2.45, 2.75) is 31.1 Å². The molecule has 7 heteroatoms. The van der Waals surface area contributed by atoms with Gasteiger partial charge in [0.05, 0.1) is 5.25 Å². The van der Waals surface area contributed by atoms with E-state index in [1.165, 1.54) is 12.5 Å². The molecule has 2 unspecified atom stereocenters. The molecule has 0 fully saturated rings. The van der Waals surface area contributed by atoms with Gasteiger partial charge in [0, 0.05) is 24.3 Å². The fourth-order valence-corrected chi connectivity index (χ4v) is 3.04. The van der Waals surface area contributed by atoms with Crippen molar-refractivity contribution in [1.29, 1.82) is 0 Å². The molecule has 0 heterocycles. The van der Waals surface area contributed by atoms with Gasteiger partial charge in [-0.1, -0.05) is 0 Å². The van der Waals surface area contributed by atoms with Gasteiger partial charge in [-0.05, 0) is 26.8 Å². The third-order valence-electron chi connectivity index (χ3n) is 2.64. The van der Waals surface area contributed by atoms with Crippen LogP contribution in [0.25, 0.3) is 0 Å². The molecule has 2 atom stereocenters. The third-order valence-corrected chi connectivity index (χ3v) is 5.35. The van der Waals surface area contributed by atoms with Crippen molar-refractivity contribution in [1.82, 2.24) is 5.32 Å². The number of rotatable bonds is 7. The minimum atomic E-state index is -3.09. The molecule has 0 amide bonds. The summed E-state index contributed by atoms with van der Waals surface area (Å²) in [6.07, 6.45) is 3.39. The molecule has 98 valence electrons. The molecule has 0 saturated carbocycles. The normalized spacial score (nSPS) is 17.0. The van der Waals surface area contributed by atoms with E-state index in [1.807, 2.05) is 0 Å². The SMILES string of the molecule is CNC(CCCS(C)(=O)=O)C(C)S(C)(=O)=O. The van der Waals surface area contributed by atoms with E-state index in [9.17, 15) is 16.8 Å². The number of hydrogen-bond donors (Lipinski definition) is 1. The van der Waals surface area contributed by atoms with Crippen LogP contribution in [0.2, 0.25) is 0 Å². The van der Waals surface area contributed by atoms with Gasteiger partial charge in [-0.3, -0.25) is 0 Å². The average molecular weight is 271 g/mol. The Morgan fingerprint density at radius 1 is 1.12 bits per heavy atom. The number of nitrogens with one attached hydrogen (secondary N) is 1. The van der Waals surface area contributed by atoms with Gasteiger partial charge in [0.1, 0.15) is 9.84 Å². The fourth-order valence-electron chi connectivity index (χ4n) is 1.48. The largest absolute Gasteiger partial charge is 0.316 e. The van der Waals surface area contributed by atoms with Gasteiger partial charge in [0.2, 0.25) is 0 Å². The summed E-state index contributed by atoms with van der Waals surface area (Å²) in [6, 6.07) is -0.197. The summed E-state index contributed by atoms with van der Waals surface area (Å²) in [4.78, 5) is 0. The van der Waals surface area contributed by atoms with Gasteiger partial charge >= 0.3 is 0 Å². The molecule has 0 aromatic heterocycles. The monoisotopic (exact) mass is 271 g/mol. The number of hydrogen-bond acceptors (Lipinski definition) is 5. The second-order valence-corrected chi connectivity index (χ2v) is 8.86. The lowest BCUT2D eigenvalue weighted by atomic mass is 10.1. The molecule has 16 heavy (non-hydrogen) atoms. The molecule has 0 radical (unpaired) electrons. The first-order valence-corrected chi connectivity index (χ1v) is 9.13. The lowest BCUT2D eigenvalue weighted by Crippen LogP contribution is -2.40. The van der Waals surface area contributed by atoms with Crippen LogP contribution >= 0.6 is 0 Å². The van der Waals surface area contributed by atoms with Crippen molar-refractivity contribution in [3.05, 3.63) is 0 Å². The van der Waals surface area contributed by atoms with E-state index in [0.29, 0.717) is 12.8 Å². The van der Waals surface area contributed by atoms with Crippen LogP contribution in [-0.2, 0) is 19.7 Å². The van der Waals surface area contributed by atoms with Crippen LogP contribution in [0.3, 0.4) is 0 Å².